The maximum Gasteiger partial charge on any atom is 0.0595 e. The van der Waals surface area contributed by atoms with Crippen LogP contribution in [0.2, 0.25) is 0 Å². The molecule has 3 heteroatoms. The van der Waals surface area contributed by atoms with Crippen molar-refractivity contribution in [1.29, 1.82) is 0 Å². The predicted molar refractivity (Wildman–Crippen MR) is 73.4 cm³/mol. The van der Waals surface area contributed by atoms with E-state index < -0.39 is 0 Å². The highest BCUT2D eigenvalue weighted by Crippen LogP contribution is 2.19. The van der Waals surface area contributed by atoms with Gasteiger partial charge in [-0.1, -0.05) is 27.7 Å². The molecule has 0 saturated carbocycles. The third-order valence-electron chi connectivity index (χ3n) is 3.78. The number of piperidine rings is 1. The normalized spacial score (nSPS) is 21.4. The molecule has 1 rings (SSSR count). The third-order valence-corrected chi connectivity index (χ3v) is 3.78. The number of rotatable bonds is 6. The fourth-order valence-corrected chi connectivity index (χ4v) is 2.59. The summed E-state index contributed by atoms with van der Waals surface area (Å²) < 4.78 is 5.44. The van der Waals surface area contributed by atoms with Gasteiger partial charge < -0.3 is 10.1 Å². The summed E-state index contributed by atoms with van der Waals surface area (Å²) in [4.78, 5) is 2.63. The number of hydrogen-bond donors (Lipinski definition) is 1. The van der Waals surface area contributed by atoms with Gasteiger partial charge in [-0.15, -0.1) is 0 Å². The number of nitrogens with one attached hydrogen (secondary N) is 1. The van der Waals surface area contributed by atoms with Crippen molar-refractivity contribution in [3.05, 3.63) is 0 Å². The Bertz CT molecular complexity index is 198. The lowest BCUT2D eigenvalue weighted by Gasteiger charge is -2.39. The maximum absolute atomic E-state index is 5.44. The molecule has 0 aromatic heterocycles. The van der Waals surface area contributed by atoms with Gasteiger partial charge in [0.1, 0.15) is 0 Å². The summed E-state index contributed by atoms with van der Waals surface area (Å²) in [6, 6.07) is 1.24. The first-order valence-corrected chi connectivity index (χ1v) is 7.04. The summed E-state index contributed by atoms with van der Waals surface area (Å²) >= 11 is 0. The van der Waals surface area contributed by atoms with Crippen LogP contribution in [0.4, 0.5) is 0 Å². The highest BCUT2D eigenvalue weighted by molar-refractivity contribution is 4.82. The van der Waals surface area contributed by atoms with Gasteiger partial charge in [0.05, 0.1) is 6.10 Å². The molecule has 1 fully saturated rings. The Labute approximate surface area is 107 Å². The van der Waals surface area contributed by atoms with Crippen LogP contribution in [0.5, 0.6) is 0 Å². The predicted octanol–water partition coefficient (Wildman–Crippen LogP) is 2.12. The second-order valence-corrected chi connectivity index (χ2v) is 5.85. The van der Waals surface area contributed by atoms with Gasteiger partial charge in [-0.05, 0) is 18.8 Å². The highest BCUT2D eigenvalue weighted by atomic mass is 16.5. The molecule has 0 spiro atoms. The lowest BCUT2D eigenvalue weighted by atomic mass is 9.98. The molecule has 1 N–H and O–H groups in total. The molecule has 0 amide bonds. The Morgan fingerprint density at radius 1 is 1.18 bits per heavy atom. The second kappa shape index (κ2) is 7.34. The number of nitrogens with zero attached hydrogens (tertiary/aromatic N) is 1. The van der Waals surface area contributed by atoms with E-state index in [9.17, 15) is 0 Å². The monoisotopic (exact) mass is 242 g/mol. The lowest BCUT2D eigenvalue weighted by Crippen LogP contribution is -2.50. The summed E-state index contributed by atoms with van der Waals surface area (Å²) in [5.74, 6) is 0.709. The maximum atomic E-state index is 5.44. The molecule has 102 valence electrons. The number of likely N-dealkylation sites (tertiary alicyclic amines) is 1. The Morgan fingerprint density at radius 3 is 2.18 bits per heavy atom. The number of ether oxygens (including phenoxy) is 1. The van der Waals surface area contributed by atoms with Crippen molar-refractivity contribution in [1.82, 2.24) is 10.2 Å². The van der Waals surface area contributed by atoms with Crippen LogP contribution in [0.3, 0.4) is 0 Å². The van der Waals surface area contributed by atoms with Crippen LogP contribution in [0.25, 0.3) is 0 Å². The van der Waals surface area contributed by atoms with E-state index in [1.54, 1.807) is 0 Å². The van der Waals surface area contributed by atoms with Crippen LogP contribution in [-0.4, -0.2) is 49.8 Å². The van der Waals surface area contributed by atoms with Crippen molar-refractivity contribution in [3.8, 4) is 0 Å². The zero-order valence-electron chi connectivity index (χ0n) is 12.2. The molecular weight excluding hydrogens is 212 g/mol. The van der Waals surface area contributed by atoms with Crippen LogP contribution in [-0.2, 0) is 4.74 Å². The Kier molecular flexibility index (Phi) is 6.45. The average molecular weight is 242 g/mol. The van der Waals surface area contributed by atoms with Crippen LogP contribution in [0.1, 0.15) is 40.5 Å². The smallest absolute Gasteiger partial charge is 0.0595 e. The molecule has 1 aliphatic rings. The van der Waals surface area contributed by atoms with Crippen LogP contribution in [0, 0.1) is 5.92 Å². The van der Waals surface area contributed by atoms with Gasteiger partial charge in [-0.2, -0.15) is 0 Å². The van der Waals surface area contributed by atoms with Crippen molar-refractivity contribution in [2.75, 3.05) is 26.7 Å². The quantitative estimate of drug-likeness (QED) is 0.772. The van der Waals surface area contributed by atoms with E-state index in [4.69, 9.17) is 4.74 Å². The lowest BCUT2D eigenvalue weighted by molar-refractivity contribution is 0.0191. The second-order valence-electron chi connectivity index (χ2n) is 5.85. The summed E-state index contributed by atoms with van der Waals surface area (Å²) in [6.45, 7) is 12.6. The molecule has 0 aliphatic carbocycles. The van der Waals surface area contributed by atoms with E-state index >= 15 is 0 Å². The first kappa shape index (κ1) is 14.9. The minimum Gasteiger partial charge on any atom is -0.381 e. The topological polar surface area (TPSA) is 24.5 Å². The molecule has 0 bridgehead atoms. The zero-order valence-corrected chi connectivity index (χ0v) is 12.2. The van der Waals surface area contributed by atoms with E-state index in [1.165, 1.54) is 25.9 Å². The molecule has 0 aromatic rings. The SMILES string of the molecule is COC1CCN(C(CNC(C)C)C(C)C)CC1. The minimum atomic E-state index is 0.483. The van der Waals surface area contributed by atoms with E-state index in [-0.39, 0.29) is 0 Å². The number of hydrogen-bond acceptors (Lipinski definition) is 3. The molecule has 1 heterocycles. The molecule has 0 radical (unpaired) electrons. The van der Waals surface area contributed by atoms with E-state index in [2.05, 4.69) is 37.9 Å². The first-order valence-electron chi connectivity index (χ1n) is 7.04. The van der Waals surface area contributed by atoms with Gasteiger partial charge >= 0.3 is 0 Å². The van der Waals surface area contributed by atoms with Crippen molar-refractivity contribution >= 4 is 0 Å². The standard InChI is InChI=1S/C14H30N2O/c1-11(2)14(10-15-12(3)4)16-8-6-13(17-5)7-9-16/h11-15H,6-10H2,1-5H3. The van der Waals surface area contributed by atoms with Crippen molar-refractivity contribution < 1.29 is 4.74 Å². The van der Waals surface area contributed by atoms with Gasteiger partial charge in [0.2, 0.25) is 0 Å². The van der Waals surface area contributed by atoms with Gasteiger partial charge in [0, 0.05) is 38.8 Å². The summed E-state index contributed by atoms with van der Waals surface area (Å²) in [6.07, 6.45) is 2.85. The molecular formula is C14H30N2O. The van der Waals surface area contributed by atoms with Crippen molar-refractivity contribution in [2.45, 2.75) is 58.7 Å². The van der Waals surface area contributed by atoms with Crippen LogP contribution >= 0.6 is 0 Å². The van der Waals surface area contributed by atoms with Gasteiger partial charge in [-0.25, -0.2) is 0 Å². The summed E-state index contributed by atoms with van der Waals surface area (Å²) in [5, 5.41) is 3.58. The van der Waals surface area contributed by atoms with E-state index in [0.717, 1.165) is 6.54 Å². The minimum absolute atomic E-state index is 0.483. The van der Waals surface area contributed by atoms with Gasteiger partial charge in [-0.3, -0.25) is 4.90 Å². The van der Waals surface area contributed by atoms with Crippen molar-refractivity contribution in [3.63, 3.8) is 0 Å². The van der Waals surface area contributed by atoms with Crippen molar-refractivity contribution in [2.24, 2.45) is 5.92 Å². The number of methoxy groups -OCH3 is 1. The molecule has 1 unspecified atom stereocenters. The largest absolute Gasteiger partial charge is 0.381 e. The van der Waals surface area contributed by atoms with Gasteiger partial charge in [0.15, 0.2) is 0 Å². The molecule has 0 aromatic carbocycles. The summed E-state index contributed by atoms with van der Waals surface area (Å²) in [7, 11) is 1.83. The average Bonchev–Trinajstić information content (AvgIpc) is 2.29. The van der Waals surface area contributed by atoms with Crippen LogP contribution < -0.4 is 5.32 Å². The molecule has 1 aliphatic heterocycles. The van der Waals surface area contributed by atoms with Gasteiger partial charge in [0.25, 0.3) is 0 Å². The molecule has 1 atom stereocenters. The summed E-state index contributed by atoms with van der Waals surface area (Å²) in [5.41, 5.74) is 0. The van der Waals surface area contributed by atoms with E-state index in [1.807, 2.05) is 7.11 Å². The van der Waals surface area contributed by atoms with E-state index in [0.29, 0.717) is 24.1 Å². The Hall–Kier alpha value is -0.120. The fraction of sp³-hybridized carbons (Fsp3) is 1.00. The Balaban J connectivity index is 2.42. The molecule has 1 saturated heterocycles. The zero-order chi connectivity index (χ0) is 12.8. The Morgan fingerprint density at radius 2 is 1.76 bits per heavy atom. The molecule has 3 nitrogen and oxygen atoms in total. The first-order chi connectivity index (χ1) is 8.04. The fourth-order valence-electron chi connectivity index (χ4n) is 2.59. The third kappa shape index (κ3) is 4.94. The highest BCUT2D eigenvalue weighted by Gasteiger charge is 2.26. The molecule has 17 heavy (non-hydrogen) atoms. The van der Waals surface area contributed by atoms with Crippen LogP contribution in [0.15, 0.2) is 0 Å².